The van der Waals surface area contributed by atoms with Crippen molar-refractivity contribution in [2.45, 2.75) is 26.2 Å². The Labute approximate surface area is 157 Å². The predicted molar refractivity (Wildman–Crippen MR) is 98.7 cm³/mol. The van der Waals surface area contributed by atoms with Crippen LogP contribution in [0.2, 0.25) is 0 Å². The second kappa shape index (κ2) is 9.86. The van der Waals surface area contributed by atoms with Crippen LogP contribution in [-0.4, -0.2) is 55.1 Å². The fraction of sp³-hybridized carbons (Fsp3) is 0.556. The Bertz CT molecular complexity index is 694. The van der Waals surface area contributed by atoms with E-state index in [1.54, 1.807) is 6.92 Å². The van der Waals surface area contributed by atoms with E-state index in [2.05, 4.69) is 10.2 Å². The van der Waals surface area contributed by atoms with Gasteiger partial charge in [0.15, 0.2) is 0 Å². The Kier molecular flexibility index (Phi) is 7.54. The Morgan fingerprint density at radius 3 is 2.85 bits per heavy atom. The Morgan fingerprint density at radius 1 is 1.41 bits per heavy atom. The van der Waals surface area contributed by atoms with Gasteiger partial charge in [0, 0.05) is 31.6 Å². The van der Waals surface area contributed by atoms with Crippen LogP contribution in [0.15, 0.2) is 18.2 Å². The van der Waals surface area contributed by atoms with E-state index in [1.165, 1.54) is 25.3 Å². The van der Waals surface area contributed by atoms with Gasteiger partial charge in [0.1, 0.15) is 5.75 Å². The summed E-state index contributed by atoms with van der Waals surface area (Å²) in [5.74, 6) is -0.257. The van der Waals surface area contributed by atoms with Gasteiger partial charge in [-0.3, -0.25) is 19.7 Å². The van der Waals surface area contributed by atoms with E-state index < -0.39 is 4.92 Å². The van der Waals surface area contributed by atoms with Crippen molar-refractivity contribution >= 4 is 23.3 Å². The summed E-state index contributed by atoms with van der Waals surface area (Å²) in [5.41, 5.74) is 0.138. The highest BCUT2D eigenvalue weighted by molar-refractivity contribution is 5.92. The molecule has 1 aromatic carbocycles. The molecule has 0 aromatic heterocycles. The molecule has 1 saturated heterocycles. The summed E-state index contributed by atoms with van der Waals surface area (Å²) in [4.78, 5) is 36.6. The number of nitro groups is 1. The monoisotopic (exact) mass is 379 g/mol. The number of anilines is 1. The number of hydrogen-bond donors (Lipinski definition) is 1. The highest BCUT2D eigenvalue weighted by Crippen LogP contribution is 2.29. The average Bonchev–Trinajstić information content (AvgIpc) is 2.66. The number of carbonyl (C=O) groups is 2. The van der Waals surface area contributed by atoms with Crippen LogP contribution in [0, 0.1) is 16.0 Å². The molecule has 27 heavy (non-hydrogen) atoms. The van der Waals surface area contributed by atoms with Crippen molar-refractivity contribution in [3.63, 3.8) is 0 Å². The summed E-state index contributed by atoms with van der Waals surface area (Å²) in [6.45, 7) is 4.04. The fourth-order valence-electron chi connectivity index (χ4n) is 3.09. The maximum absolute atomic E-state index is 12.3. The van der Waals surface area contributed by atoms with Gasteiger partial charge >= 0.3 is 5.97 Å². The Hall–Kier alpha value is -2.68. The number of nitrogens with one attached hydrogen (secondary N) is 1. The molecule has 1 amide bonds. The third-order valence-corrected chi connectivity index (χ3v) is 4.45. The topological polar surface area (TPSA) is 111 Å². The first kappa shape index (κ1) is 20.6. The number of amides is 1. The first-order chi connectivity index (χ1) is 12.9. The number of esters is 1. The minimum atomic E-state index is -0.529. The molecule has 2 rings (SSSR count). The molecule has 0 saturated carbocycles. The number of nitro benzene ring substituents is 1. The predicted octanol–water partition coefficient (Wildman–Crippen LogP) is 2.21. The number of methoxy groups -OCH3 is 1. The van der Waals surface area contributed by atoms with Crippen molar-refractivity contribution in [2.24, 2.45) is 5.92 Å². The van der Waals surface area contributed by atoms with E-state index in [0.29, 0.717) is 25.4 Å². The van der Waals surface area contributed by atoms with Gasteiger partial charge in [0.2, 0.25) is 5.91 Å². The first-order valence-corrected chi connectivity index (χ1v) is 8.95. The second-order valence-electron chi connectivity index (χ2n) is 6.33. The van der Waals surface area contributed by atoms with Crippen LogP contribution in [0.4, 0.5) is 11.4 Å². The minimum Gasteiger partial charge on any atom is -0.495 e. The lowest BCUT2D eigenvalue weighted by molar-refractivity contribution is -0.384. The summed E-state index contributed by atoms with van der Waals surface area (Å²) >= 11 is 0. The van der Waals surface area contributed by atoms with Gasteiger partial charge < -0.3 is 19.7 Å². The quantitative estimate of drug-likeness (QED) is 0.419. The molecule has 0 bridgehead atoms. The number of likely N-dealkylation sites (tertiary alicyclic amines) is 1. The van der Waals surface area contributed by atoms with Gasteiger partial charge in [-0.1, -0.05) is 0 Å². The van der Waals surface area contributed by atoms with Gasteiger partial charge in [0.05, 0.1) is 30.2 Å². The summed E-state index contributed by atoms with van der Waals surface area (Å²) in [5, 5.41) is 13.6. The summed E-state index contributed by atoms with van der Waals surface area (Å²) in [7, 11) is 1.43. The van der Waals surface area contributed by atoms with Crippen molar-refractivity contribution in [1.29, 1.82) is 0 Å². The van der Waals surface area contributed by atoms with E-state index in [9.17, 15) is 19.7 Å². The molecule has 1 aliphatic heterocycles. The van der Waals surface area contributed by atoms with E-state index in [1.807, 2.05) is 0 Å². The zero-order valence-corrected chi connectivity index (χ0v) is 15.6. The zero-order valence-electron chi connectivity index (χ0n) is 15.6. The highest BCUT2D eigenvalue weighted by atomic mass is 16.6. The molecule has 1 heterocycles. The lowest BCUT2D eigenvalue weighted by Gasteiger charge is -2.31. The molecular weight excluding hydrogens is 354 g/mol. The SMILES string of the molecule is CCOC(=O)[C@H]1CCCN(CCC(=O)Nc2cc([N+](=O)[O-])ccc2OC)C1. The van der Waals surface area contributed by atoms with Crippen molar-refractivity contribution in [2.75, 3.05) is 38.7 Å². The van der Waals surface area contributed by atoms with E-state index >= 15 is 0 Å². The maximum Gasteiger partial charge on any atom is 0.310 e. The maximum atomic E-state index is 12.3. The number of carbonyl (C=O) groups excluding carboxylic acids is 2. The lowest BCUT2D eigenvalue weighted by Crippen LogP contribution is -2.40. The molecule has 0 unspecified atom stereocenters. The number of non-ortho nitro benzene ring substituents is 1. The number of rotatable bonds is 8. The molecule has 0 aliphatic carbocycles. The number of benzene rings is 1. The van der Waals surface area contributed by atoms with Gasteiger partial charge in [0.25, 0.3) is 5.69 Å². The van der Waals surface area contributed by atoms with Crippen molar-refractivity contribution < 1.29 is 24.0 Å². The number of ether oxygens (including phenoxy) is 2. The minimum absolute atomic E-state index is 0.126. The molecule has 1 fully saturated rings. The third-order valence-electron chi connectivity index (χ3n) is 4.45. The lowest BCUT2D eigenvalue weighted by atomic mass is 9.98. The normalized spacial score (nSPS) is 17.2. The van der Waals surface area contributed by atoms with Crippen LogP contribution < -0.4 is 10.1 Å². The second-order valence-corrected chi connectivity index (χ2v) is 6.33. The fourth-order valence-corrected chi connectivity index (χ4v) is 3.09. The van der Waals surface area contributed by atoms with Crippen LogP contribution >= 0.6 is 0 Å². The molecule has 9 nitrogen and oxygen atoms in total. The summed E-state index contributed by atoms with van der Waals surface area (Å²) in [6, 6.07) is 4.04. The van der Waals surface area contributed by atoms with Crippen molar-refractivity contribution in [1.82, 2.24) is 4.90 Å². The largest absolute Gasteiger partial charge is 0.495 e. The molecule has 9 heteroatoms. The molecule has 148 valence electrons. The van der Waals surface area contributed by atoms with Crippen LogP contribution in [0.3, 0.4) is 0 Å². The van der Waals surface area contributed by atoms with E-state index in [4.69, 9.17) is 9.47 Å². The smallest absolute Gasteiger partial charge is 0.310 e. The van der Waals surface area contributed by atoms with Crippen LogP contribution in [0.5, 0.6) is 5.75 Å². The molecule has 1 aromatic rings. The number of nitrogens with zero attached hydrogens (tertiary/aromatic N) is 2. The van der Waals surface area contributed by atoms with Gasteiger partial charge in [-0.2, -0.15) is 0 Å². The molecule has 1 N–H and O–H groups in total. The molecule has 1 aliphatic rings. The molecule has 1 atom stereocenters. The van der Waals surface area contributed by atoms with Crippen molar-refractivity contribution in [3.8, 4) is 5.75 Å². The van der Waals surface area contributed by atoms with Gasteiger partial charge in [-0.05, 0) is 32.4 Å². The molecular formula is C18H25N3O6. The molecule has 0 spiro atoms. The van der Waals surface area contributed by atoms with E-state index in [-0.39, 0.29) is 35.6 Å². The number of piperidine rings is 1. The third kappa shape index (κ3) is 5.92. The standard InChI is InChI=1S/C18H25N3O6/c1-3-27-18(23)13-5-4-9-20(12-13)10-8-17(22)19-15-11-14(21(24)25)6-7-16(15)26-2/h6-7,11,13H,3-5,8-10,12H2,1-2H3,(H,19,22)/t13-/m0/s1. The van der Waals surface area contributed by atoms with Gasteiger partial charge in [-0.15, -0.1) is 0 Å². The van der Waals surface area contributed by atoms with Crippen LogP contribution in [-0.2, 0) is 14.3 Å². The van der Waals surface area contributed by atoms with Gasteiger partial charge in [-0.25, -0.2) is 0 Å². The van der Waals surface area contributed by atoms with E-state index in [0.717, 1.165) is 19.4 Å². The summed E-state index contributed by atoms with van der Waals surface area (Å²) < 4.78 is 10.2. The zero-order chi connectivity index (χ0) is 19.8. The number of hydrogen-bond acceptors (Lipinski definition) is 7. The van der Waals surface area contributed by atoms with Crippen LogP contribution in [0.25, 0.3) is 0 Å². The Balaban J connectivity index is 1.90. The van der Waals surface area contributed by atoms with Crippen LogP contribution in [0.1, 0.15) is 26.2 Å². The Morgan fingerprint density at radius 2 is 2.19 bits per heavy atom. The highest BCUT2D eigenvalue weighted by Gasteiger charge is 2.27. The summed E-state index contributed by atoms with van der Waals surface area (Å²) in [6.07, 6.45) is 1.89. The first-order valence-electron chi connectivity index (χ1n) is 8.95. The average molecular weight is 379 g/mol. The molecule has 0 radical (unpaired) electrons. The van der Waals surface area contributed by atoms with Crippen molar-refractivity contribution in [3.05, 3.63) is 28.3 Å².